The molecule has 0 aliphatic rings. The highest BCUT2D eigenvalue weighted by atomic mass is 32.1. The van der Waals surface area contributed by atoms with E-state index in [4.69, 9.17) is 5.11 Å². The molecule has 0 saturated heterocycles. The molecule has 2 aromatic rings. The lowest BCUT2D eigenvalue weighted by molar-refractivity contribution is 0.0690. The molecule has 0 aliphatic heterocycles. The van der Waals surface area contributed by atoms with Crippen LogP contribution < -0.4 is 5.32 Å². The number of carbonyl (C=O) groups excluding carboxylic acids is 1. The van der Waals surface area contributed by atoms with E-state index >= 15 is 0 Å². The van der Waals surface area contributed by atoms with Crippen molar-refractivity contribution in [2.75, 3.05) is 5.32 Å². The molecule has 2 rings (SSSR count). The van der Waals surface area contributed by atoms with Gasteiger partial charge in [-0.1, -0.05) is 18.3 Å². The van der Waals surface area contributed by atoms with Crippen LogP contribution in [0.2, 0.25) is 0 Å². The summed E-state index contributed by atoms with van der Waals surface area (Å²) in [4.78, 5) is 26.9. The molecule has 0 saturated carbocycles. The molecule has 1 amide bonds. The van der Waals surface area contributed by atoms with E-state index in [0.717, 1.165) is 11.5 Å². The van der Waals surface area contributed by atoms with Crippen LogP contribution >= 0.6 is 11.5 Å². The third kappa shape index (κ3) is 2.97. The maximum atomic E-state index is 12.1. The summed E-state index contributed by atoms with van der Waals surface area (Å²) in [7, 11) is 0. The van der Waals surface area contributed by atoms with E-state index in [1.165, 1.54) is 18.3 Å². The van der Waals surface area contributed by atoms with Crippen molar-refractivity contribution in [2.24, 2.45) is 0 Å². The number of rotatable bonds is 4. The van der Waals surface area contributed by atoms with Crippen molar-refractivity contribution in [3.8, 4) is 0 Å². The predicted molar refractivity (Wildman–Crippen MR) is 73.1 cm³/mol. The molecule has 0 aromatic carbocycles. The van der Waals surface area contributed by atoms with Gasteiger partial charge in [-0.15, -0.1) is 5.10 Å². The number of carboxylic acids is 1. The summed E-state index contributed by atoms with van der Waals surface area (Å²) >= 11 is 1.03. The van der Waals surface area contributed by atoms with Crippen LogP contribution in [0.25, 0.3) is 0 Å². The van der Waals surface area contributed by atoms with Crippen molar-refractivity contribution in [3.63, 3.8) is 0 Å². The number of nitrogens with one attached hydrogen (secondary N) is 1. The van der Waals surface area contributed by atoms with Crippen LogP contribution in [0.3, 0.4) is 0 Å². The molecule has 7 nitrogen and oxygen atoms in total. The van der Waals surface area contributed by atoms with Crippen LogP contribution in [0, 0.1) is 0 Å². The van der Waals surface area contributed by atoms with E-state index in [0.29, 0.717) is 16.3 Å². The van der Waals surface area contributed by atoms with E-state index < -0.39 is 5.97 Å². The highest BCUT2D eigenvalue weighted by molar-refractivity contribution is 7.08. The molecule has 2 heterocycles. The molecule has 0 spiro atoms. The third-order valence-electron chi connectivity index (χ3n) is 2.51. The van der Waals surface area contributed by atoms with Crippen molar-refractivity contribution < 1.29 is 14.7 Å². The first kappa shape index (κ1) is 14.1. The second-order valence-corrected chi connectivity index (χ2v) is 5.09. The first-order chi connectivity index (χ1) is 9.49. The largest absolute Gasteiger partial charge is 0.477 e. The molecule has 0 unspecified atom stereocenters. The van der Waals surface area contributed by atoms with Crippen LogP contribution in [-0.2, 0) is 0 Å². The minimum atomic E-state index is -1.11. The highest BCUT2D eigenvalue weighted by Crippen LogP contribution is 2.20. The first-order valence-electron chi connectivity index (χ1n) is 5.82. The quantitative estimate of drug-likeness (QED) is 0.893. The maximum absolute atomic E-state index is 12.1. The molecule has 104 valence electrons. The second kappa shape index (κ2) is 5.74. The SMILES string of the molecule is CC(C)c1nnsc1C(=O)Nc1ccc(C(=O)O)nc1. The lowest BCUT2D eigenvalue weighted by atomic mass is 10.1. The Kier molecular flexibility index (Phi) is 4.04. The number of hydrogen-bond acceptors (Lipinski definition) is 6. The Bertz CT molecular complexity index is 636. The number of carbonyl (C=O) groups is 2. The van der Waals surface area contributed by atoms with Gasteiger partial charge in [-0.25, -0.2) is 9.78 Å². The molecule has 2 N–H and O–H groups in total. The van der Waals surface area contributed by atoms with Gasteiger partial charge in [0.1, 0.15) is 10.6 Å². The molecule has 0 radical (unpaired) electrons. The molecular weight excluding hydrogens is 280 g/mol. The van der Waals surface area contributed by atoms with Crippen molar-refractivity contribution in [2.45, 2.75) is 19.8 Å². The monoisotopic (exact) mass is 292 g/mol. The average Bonchev–Trinajstić information content (AvgIpc) is 2.88. The van der Waals surface area contributed by atoms with Gasteiger partial charge < -0.3 is 10.4 Å². The van der Waals surface area contributed by atoms with Crippen molar-refractivity contribution >= 4 is 29.1 Å². The lowest BCUT2D eigenvalue weighted by Crippen LogP contribution is -2.13. The summed E-state index contributed by atoms with van der Waals surface area (Å²) in [5, 5.41) is 15.3. The van der Waals surface area contributed by atoms with Gasteiger partial charge >= 0.3 is 5.97 Å². The average molecular weight is 292 g/mol. The fourth-order valence-electron chi connectivity index (χ4n) is 1.52. The summed E-state index contributed by atoms with van der Waals surface area (Å²) in [5.74, 6) is -1.34. The van der Waals surface area contributed by atoms with E-state index in [-0.39, 0.29) is 17.5 Å². The summed E-state index contributed by atoms with van der Waals surface area (Å²) < 4.78 is 3.78. The standard InChI is InChI=1S/C12H12N4O3S/c1-6(2)9-10(20-16-15-9)11(17)14-7-3-4-8(12(18)19)13-5-7/h3-6H,1-2H3,(H,14,17)(H,18,19). The number of aromatic carboxylic acids is 1. The zero-order valence-electron chi connectivity index (χ0n) is 10.8. The van der Waals surface area contributed by atoms with Crippen molar-refractivity contribution in [1.82, 2.24) is 14.6 Å². The van der Waals surface area contributed by atoms with E-state index in [2.05, 4.69) is 19.9 Å². The number of aromatic nitrogens is 3. The van der Waals surface area contributed by atoms with Gasteiger partial charge in [-0.2, -0.15) is 0 Å². The Hall–Kier alpha value is -2.35. The minimum Gasteiger partial charge on any atom is -0.477 e. The van der Waals surface area contributed by atoms with Crippen LogP contribution in [0.15, 0.2) is 18.3 Å². The molecule has 0 fully saturated rings. The van der Waals surface area contributed by atoms with Gasteiger partial charge in [-0.3, -0.25) is 4.79 Å². The number of nitrogens with zero attached hydrogens (tertiary/aromatic N) is 3. The Morgan fingerprint density at radius 1 is 1.35 bits per heavy atom. The van der Waals surface area contributed by atoms with E-state index in [1.54, 1.807) is 0 Å². The zero-order chi connectivity index (χ0) is 14.7. The van der Waals surface area contributed by atoms with Crippen LogP contribution in [0.5, 0.6) is 0 Å². The van der Waals surface area contributed by atoms with Gasteiger partial charge in [0.25, 0.3) is 5.91 Å². The Morgan fingerprint density at radius 3 is 2.65 bits per heavy atom. The van der Waals surface area contributed by atoms with E-state index in [9.17, 15) is 9.59 Å². The molecule has 0 bridgehead atoms. The smallest absolute Gasteiger partial charge is 0.354 e. The van der Waals surface area contributed by atoms with Gasteiger partial charge in [0.2, 0.25) is 0 Å². The fraction of sp³-hybridized carbons (Fsp3) is 0.250. The number of amides is 1. The summed E-state index contributed by atoms with van der Waals surface area (Å²) in [6.07, 6.45) is 1.30. The molecular formula is C12H12N4O3S. The predicted octanol–water partition coefficient (Wildman–Crippen LogP) is 2.01. The van der Waals surface area contributed by atoms with Crippen LogP contribution in [0.1, 0.15) is 45.6 Å². The lowest BCUT2D eigenvalue weighted by Gasteiger charge is -2.05. The molecule has 2 aromatic heterocycles. The first-order valence-corrected chi connectivity index (χ1v) is 6.59. The normalized spacial score (nSPS) is 10.6. The third-order valence-corrected chi connectivity index (χ3v) is 3.25. The molecule has 20 heavy (non-hydrogen) atoms. The number of anilines is 1. The summed E-state index contributed by atoms with van der Waals surface area (Å²) in [6, 6.07) is 2.81. The van der Waals surface area contributed by atoms with Gasteiger partial charge in [0.05, 0.1) is 17.6 Å². The molecule has 0 atom stereocenters. The second-order valence-electron chi connectivity index (χ2n) is 4.33. The fourth-order valence-corrected chi connectivity index (χ4v) is 2.23. The van der Waals surface area contributed by atoms with Crippen molar-refractivity contribution in [3.05, 3.63) is 34.6 Å². The molecule has 8 heteroatoms. The van der Waals surface area contributed by atoms with Gasteiger partial charge in [0, 0.05) is 0 Å². The number of pyridine rings is 1. The topological polar surface area (TPSA) is 105 Å². The summed E-state index contributed by atoms with van der Waals surface area (Å²) in [6.45, 7) is 3.85. The Morgan fingerprint density at radius 2 is 2.10 bits per heavy atom. The number of hydrogen-bond donors (Lipinski definition) is 2. The minimum absolute atomic E-state index is 0.0784. The van der Waals surface area contributed by atoms with Gasteiger partial charge in [0.15, 0.2) is 0 Å². The van der Waals surface area contributed by atoms with Crippen LogP contribution in [-0.4, -0.2) is 31.6 Å². The van der Waals surface area contributed by atoms with E-state index in [1.807, 2.05) is 13.8 Å². The Labute approximate surface area is 118 Å². The van der Waals surface area contributed by atoms with Gasteiger partial charge in [-0.05, 0) is 29.6 Å². The zero-order valence-corrected chi connectivity index (χ0v) is 11.6. The van der Waals surface area contributed by atoms with Crippen molar-refractivity contribution in [1.29, 1.82) is 0 Å². The maximum Gasteiger partial charge on any atom is 0.354 e. The number of carboxylic acid groups (broad SMARTS) is 1. The highest BCUT2D eigenvalue weighted by Gasteiger charge is 2.18. The van der Waals surface area contributed by atoms with Crippen LogP contribution in [0.4, 0.5) is 5.69 Å². The molecule has 0 aliphatic carbocycles. The summed E-state index contributed by atoms with van der Waals surface area (Å²) in [5.41, 5.74) is 0.982. The Balaban J connectivity index is 2.15.